The van der Waals surface area contributed by atoms with Crippen LogP contribution in [-0.2, 0) is 4.79 Å². The lowest BCUT2D eigenvalue weighted by Gasteiger charge is -2.35. The van der Waals surface area contributed by atoms with Crippen molar-refractivity contribution in [3.63, 3.8) is 0 Å². The van der Waals surface area contributed by atoms with Gasteiger partial charge in [-0.05, 0) is 54.3 Å². The summed E-state index contributed by atoms with van der Waals surface area (Å²) in [5, 5.41) is 5.38. The number of ketones is 1. The van der Waals surface area contributed by atoms with Gasteiger partial charge in [-0.2, -0.15) is 0 Å². The Balaban J connectivity index is 1.79. The number of rotatable bonds is 1. The lowest BCUT2D eigenvalue weighted by atomic mass is 9.77. The summed E-state index contributed by atoms with van der Waals surface area (Å²) in [5.74, 6) is 0.232. The van der Waals surface area contributed by atoms with E-state index in [1.807, 2.05) is 36.4 Å². The molecule has 3 nitrogen and oxygen atoms in total. The molecular formula is C22H17ClN2O. The molecule has 2 heterocycles. The van der Waals surface area contributed by atoms with Crippen LogP contribution in [0.2, 0.25) is 5.02 Å². The third-order valence-corrected chi connectivity index (χ3v) is 5.55. The van der Waals surface area contributed by atoms with Gasteiger partial charge in [0.05, 0.1) is 11.6 Å². The van der Waals surface area contributed by atoms with Crippen LogP contribution in [0.5, 0.6) is 0 Å². The molecule has 1 unspecified atom stereocenters. The number of halogens is 1. The van der Waals surface area contributed by atoms with Crippen LogP contribution < -0.4 is 5.32 Å². The lowest BCUT2D eigenvalue weighted by Crippen LogP contribution is -2.27. The summed E-state index contributed by atoms with van der Waals surface area (Å²) in [5.41, 5.74) is 6.23. The van der Waals surface area contributed by atoms with E-state index >= 15 is 0 Å². The number of pyridine rings is 1. The summed E-state index contributed by atoms with van der Waals surface area (Å²) >= 11 is 6.22. The van der Waals surface area contributed by atoms with Crippen LogP contribution in [-0.4, -0.2) is 10.8 Å². The van der Waals surface area contributed by atoms with E-state index in [0.717, 1.165) is 46.1 Å². The molecule has 0 fully saturated rings. The van der Waals surface area contributed by atoms with Gasteiger partial charge in [0, 0.05) is 39.9 Å². The van der Waals surface area contributed by atoms with Gasteiger partial charge < -0.3 is 5.32 Å². The summed E-state index contributed by atoms with van der Waals surface area (Å²) in [6.07, 6.45) is 4.23. The molecule has 0 saturated heterocycles. The zero-order chi connectivity index (χ0) is 17.7. The number of nitrogens with zero attached hydrogens (tertiary/aromatic N) is 1. The molecule has 0 bridgehead atoms. The second kappa shape index (κ2) is 5.96. The van der Waals surface area contributed by atoms with Gasteiger partial charge in [-0.1, -0.05) is 29.8 Å². The third-order valence-electron chi connectivity index (χ3n) is 5.31. The molecule has 0 amide bonds. The second-order valence-corrected chi connectivity index (χ2v) is 7.30. The SMILES string of the molecule is O=C1CCCC2=C1C(c1cccc(Cl)c1)Nc1ccc3ncccc3c12. The van der Waals surface area contributed by atoms with E-state index in [4.69, 9.17) is 11.6 Å². The topological polar surface area (TPSA) is 42.0 Å². The zero-order valence-corrected chi connectivity index (χ0v) is 14.9. The fourth-order valence-corrected chi connectivity index (χ4v) is 4.42. The van der Waals surface area contributed by atoms with E-state index < -0.39 is 0 Å². The number of nitrogens with one attached hydrogen (secondary N) is 1. The Morgan fingerprint density at radius 3 is 2.88 bits per heavy atom. The quantitative estimate of drug-likeness (QED) is 0.617. The maximum atomic E-state index is 12.9. The molecule has 128 valence electrons. The number of anilines is 1. The van der Waals surface area contributed by atoms with Crippen molar-refractivity contribution in [2.75, 3.05) is 5.32 Å². The third kappa shape index (κ3) is 2.35. The van der Waals surface area contributed by atoms with E-state index in [1.54, 1.807) is 6.20 Å². The first-order valence-corrected chi connectivity index (χ1v) is 9.26. The molecular weight excluding hydrogens is 344 g/mol. The molecule has 26 heavy (non-hydrogen) atoms. The van der Waals surface area contributed by atoms with Crippen LogP contribution in [0.1, 0.15) is 36.4 Å². The predicted molar refractivity (Wildman–Crippen MR) is 105 cm³/mol. The highest BCUT2D eigenvalue weighted by Crippen LogP contribution is 2.47. The number of carbonyl (C=O) groups is 1. The van der Waals surface area contributed by atoms with E-state index in [0.29, 0.717) is 11.4 Å². The van der Waals surface area contributed by atoms with Crippen LogP contribution in [0.3, 0.4) is 0 Å². The van der Waals surface area contributed by atoms with Gasteiger partial charge in [0.2, 0.25) is 0 Å². The molecule has 3 aromatic rings. The second-order valence-electron chi connectivity index (χ2n) is 6.86. The van der Waals surface area contributed by atoms with Gasteiger partial charge >= 0.3 is 0 Å². The molecule has 1 aromatic heterocycles. The Morgan fingerprint density at radius 2 is 2.00 bits per heavy atom. The van der Waals surface area contributed by atoms with Gasteiger partial charge in [-0.15, -0.1) is 0 Å². The Hall–Kier alpha value is -2.65. The number of fused-ring (bicyclic) bond motifs is 4. The minimum Gasteiger partial charge on any atom is -0.373 e. The molecule has 1 aliphatic heterocycles. The number of allylic oxidation sites excluding steroid dienone is 1. The van der Waals surface area contributed by atoms with E-state index in [-0.39, 0.29) is 11.8 Å². The summed E-state index contributed by atoms with van der Waals surface area (Å²) in [6.45, 7) is 0. The summed E-state index contributed by atoms with van der Waals surface area (Å²) in [4.78, 5) is 17.4. The number of aromatic nitrogens is 1. The van der Waals surface area contributed by atoms with Crippen molar-refractivity contribution in [1.29, 1.82) is 0 Å². The highest BCUT2D eigenvalue weighted by Gasteiger charge is 2.34. The molecule has 2 aliphatic rings. The highest BCUT2D eigenvalue weighted by atomic mass is 35.5. The Morgan fingerprint density at radius 1 is 1.08 bits per heavy atom. The fourth-order valence-electron chi connectivity index (χ4n) is 4.22. The molecule has 2 aromatic carbocycles. The summed E-state index contributed by atoms with van der Waals surface area (Å²) in [6, 6.07) is 15.8. The minimum absolute atomic E-state index is 0.155. The van der Waals surface area contributed by atoms with Crippen LogP contribution in [0.25, 0.3) is 16.5 Å². The van der Waals surface area contributed by atoms with Gasteiger partial charge in [-0.3, -0.25) is 9.78 Å². The van der Waals surface area contributed by atoms with Gasteiger partial charge in [0.15, 0.2) is 5.78 Å². The van der Waals surface area contributed by atoms with Crippen molar-refractivity contribution < 1.29 is 4.79 Å². The fraction of sp³-hybridized carbons (Fsp3) is 0.182. The van der Waals surface area contributed by atoms with Crippen molar-refractivity contribution in [2.45, 2.75) is 25.3 Å². The predicted octanol–water partition coefficient (Wildman–Crippen LogP) is 5.56. The number of carbonyl (C=O) groups excluding carboxylic acids is 1. The van der Waals surface area contributed by atoms with E-state index in [1.165, 1.54) is 5.57 Å². The lowest BCUT2D eigenvalue weighted by molar-refractivity contribution is -0.116. The number of Topliss-reactive ketones (excluding diaryl/α,β-unsaturated/α-hetero) is 1. The first-order valence-electron chi connectivity index (χ1n) is 8.89. The minimum atomic E-state index is -0.155. The van der Waals surface area contributed by atoms with Gasteiger partial charge in [0.1, 0.15) is 0 Å². The van der Waals surface area contributed by atoms with Crippen molar-refractivity contribution in [1.82, 2.24) is 4.98 Å². The number of hydrogen-bond acceptors (Lipinski definition) is 3. The first kappa shape index (κ1) is 15.6. The normalized spacial score (nSPS) is 19.1. The molecule has 0 spiro atoms. The monoisotopic (exact) mass is 360 g/mol. The van der Waals surface area contributed by atoms with Crippen molar-refractivity contribution in [3.05, 3.63) is 76.5 Å². The molecule has 0 radical (unpaired) electrons. The van der Waals surface area contributed by atoms with Crippen molar-refractivity contribution in [2.24, 2.45) is 0 Å². The number of hydrogen-bond donors (Lipinski definition) is 1. The van der Waals surface area contributed by atoms with Crippen molar-refractivity contribution in [3.8, 4) is 0 Å². The van der Waals surface area contributed by atoms with Crippen molar-refractivity contribution >= 4 is 39.5 Å². The highest BCUT2D eigenvalue weighted by molar-refractivity contribution is 6.30. The standard InChI is InChI=1S/C22H17ClN2O/c23-14-5-1-4-13(12-14)22-21-16(6-2-8-19(21)26)20-15-7-3-11-24-17(15)9-10-18(20)25-22/h1,3-5,7,9-12,22,25H,2,6,8H2. The molecule has 5 rings (SSSR count). The average Bonchev–Trinajstić information content (AvgIpc) is 2.67. The largest absolute Gasteiger partial charge is 0.373 e. The molecule has 0 saturated carbocycles. The Bertz CT molecular complexity index is 1090. The van der Waals surface area contributed by atoms with Gasteiger partial charge in [-0.25, -0.2) is 0 Å². The van der Waals surface area contributed by atoms with Crippen LogP contribution >= 0.6 is 11.6 Å². The van der Waals surface area contributed by atoms with E-state index in [9.17, 15) is 4.79 Å². The van der Waals surface area contributed by atoms with Crippen LogP contribution in [0.15, 0.2) is 60.3 Å². The molecule has 1 atom stereocenters. The molecule has 1 aliphatic carbocycles. The Kier molecular flexibility index (Phi) is 3.57. The summed E-state index contributed by atoms with van der Waals surface area (Å²) in [7, 11) is 0. The van der Waals surface area contributed by atoms with Crippen LogP contribution in [0, 0.1) is 0 Å². The maximum absolute atomic E-state index is 12.9. The average molecular weight is 361 g/mol. The van der Waals surface area contributed by atoms with E-state index in [2.05, 4.69) is 22.4 Å². The number of benzene rings is 2. The summed E-state index contributed by atoms with van der Waals surface area (Å²) < 4.78 is 0. The smallest absolute Gasteiger partial charge is 0.161 e. The Labute approximate surface area is 156 Å². The van der Waals surface area contributed by atoms with Crippen LogP contribution in [0.4, 0.5) is 5.69 Å². The maximum Gasteiger partial charge on any atom is 0.161 e. The molecule has 4 heteroatoms. The van der Waals surface area contributed by atoms with Gasteiger partial charge in [0.25, 0.3) is 0 Å². The zero-order valence-electron chi connectivity index (χ0n) is 14.1. The molecule has 1 N–H and O–H groups in total. The first-order chi connectivity index (χ1) is 12.7.